The van der Waals surface area contributed by atoms with Gasteiger partial charge in [0.1, 0.15) is 5.69 Å². The number of nitrogens with one attached hydrogen (secondary N) is 2. The number of fused-ring (bicyclic) bond motifs is 4. The number of rotatable bonds is 6. The van der Waals surface area contributed by atoms with Crippen molar-refractivity contribution in [1.29, 1.82) is 0 Å². The van der Waals surface area contributed by atoms with Gasteiger partial charge < -0.3 is 16.0 Å². The molecule has 0 aliphatic rings. The molecule has 0 saturated heterocycles. The number of aromatic amines is 1. The number of nitrogens with two attached hydrogens (primary N) is 1. The molecule has 3 aromatic carbocycles. The predicted molar refractivity (Wildman–Crippen MR) is 171 cm³/mol. The molecular weight excluding hydrogens is 595 g/mol. The zero-order valence-corrected chi connectivity index (χ0v) is 24.7. The Hall–Kier alpha value is -5.39. The highest BCUT2D eigenvalue weighted by Gasteiger charge is 2.22. The van der Waals surface area contributed by atoms with Crippen molar-refractivity contribution in [2.75, 3.05) is 0 Å². The third-order valence-corrected chi connectivity index (χ3v) is 10.1. The van der Waals surface area contributed by atoms with Gasteiger partial charge in [-0.05, 0) is 54.1 Å². The molecule has 11 heteroatoms. The number of thiophene rings is 1. The normalized spacial score (nSPS) is 11.3. The Labute approximate surface area is 256 Å². The SMILES string of the molecule is NC(=O)c1cccnc1.O=C(NCc1ccc(S(=O)(=O)c2cccc3c2sc2ccccc23)cc1)c1cc2cnccc2[nH]1. The average Bonchev–Trinajstić information content (AvgIpc) is 3.66. The summed E-state index contributed by atoms with van der Waals surface area (Å²) in [4.78, 5) is 34.3. The van der Waals surface area contributed by atoms with Crippen molar-refractivity contribution in [3.05, 3.63) is 133 Å². The molecular formula is C33H25N5O4S2. The van der Waals surface area contributed by atoms with E-state index in [1.165, 1.54) is 17.5 Å². The van der Waals surface area contributed by atoms with Crippen molar-refractivity contribution in [2.24, 2.45) is 5.73 Å². The number of carbonyl (C=O) groups excluding carboxylic acids is 2. The van der Waals surface area contributed by atoms with Gasteiger partial charge in [-0.1, -0.05) is 42.5 Å². The first kappa shape index (κ1) is 28.7. The van der Waals surface area contributed by atoms with E-state index in [1.54, 1.807) is 73.2 Å². The van der Waals surface area contributed by atoms with Crippen LogP contribution >= 0.6 is 11.3 Å². The Morgan fingerprint density at radius 2 is 1.61 bits per heavy atom. The van der Waals surface area contributed by atoms with E-state index < -0.39 is 15.7 Å². The van der Waals surface area contributed by atoms with E-state index in [-0.39, 0.29) is 17.3 Å². The molecule has 7 rings (SSSR count). The van der Waals surface area contributed by atoms with Crippen molar-refractivity contribution >= 4 is 64.1 Å². The number of benzene rings is 3. The van der Waals surface area contributed by atoms with Gasteiger partial charge in [0.2, 0.25) is 15.7 Å². The van der Waals surface area contributed by atoms with Gasteiger partial charge >= 0.3 is 0 Å². The van der Waals surface area contributed by atoms with Crippen molar-refractivity contribution in [3.63, 3.8) is 0 Å². The van der Waals surface area contributed by atoms with E-state index >= 15 is 0 Å². The van der Waals surface area contributed by atoms with E-state index in [4.69, 9.17) is 5.73 Å². The molecule has 0 unspecified atom stereocenters. The molecule has 0 atom stereocenters. The van der Waals surface area contributed by atoms with Gasteiger partial charge in [-0.15, -0.1) is 11.3 Å². The highest BCUT2D eigenvalue weighted by molar-refractivity contribution is 7.92. The third kappa shape index (κ3) is 5.78. The standard InChI is InChI=1S/C27H19N3O3S2.C6H6N2O/c31-27(23-14-18-16-28-13-12-22(18)30-23)29-15-17-8-10-19(11-9-17)35(32,33)25-7-3-5-21-20-4-1-2-6-24(20)34-26(21)25;7-6(9)5-2-1-3-8-4-5/h1-14,16,30H,15H2,(H,29,31);1-4H,(H2,7,9). The number of amides is 2. The summed E-state index contributed by atoms with van der Waals surface area (Å²) in [5.74, 6) is -0.683. The molecule has 4 N–H and O–H groups in total. The first-order valence-electron chi connectivity index (χ1n) is 13.5. The largest absolute Gasteiger partial charge is 0.366 e. The van der Waals surface area contributed by atoms with Gasteiger partial charge in [-0.2, -0.15) is 0 Å². The molecule has 218 valence electrons. The zero-order valence-electron chi connectivity index (χ0n) is 23.1. The van der Waals surface area contributed by atoms with Crippen molar-refractivity contribution in [2.45, 2.75) is 16.3 Å². The van der Waals surface area contributed by atoms with E-state index in [0.717, 1.165) is 36.6 Å². The molecule has 0 spiro atoms. The smallest absolute Gasteiger partial charge is 0.267 e. The molecule has 0 fully saturated rings. The van der Waals surface area contributed by atoms with Crippen LogP contribution in [-0.2, 0) is 16.4 Å². The molecule has 0 aliphatic carbocycles. The lowest BCUT2D eigenvalue weighted by atomic mass is 10.1. The lowest BCUT2D eigenvalue weighted by Gasteiger charge is -2.08. The minimum absolute atomic E-state index is 0.223. The van der Waals surface area contributed by atoms with E-state index in [1.807, 2.05) is 36.4 Å². The molecule has 0 bridgehead atoms. The lowest BCUT2D eigenvalue weighted by molar-refractivity contribution is 0.0945. The maximum Gasteiger partial charge on any atom is 0.267 e. The second-order valence-electron chi connectivity index (χ2n) is 9.81. The number of carbonyl (C=O) groups is 2. The molecule has 0 saturated carbocycles. The van der Waals surface area contributed by atoms with Gasteiger partial charge in [-0.3, -0.25) is 19.6 Å². The Morgan fingerprint density at radius 1 is 0.841 bits per heavy atom. The number of hydrogen-bond donors (Lipinski definition) is 3. The summed E-state index contributed by atoms with van der Waals surface area (Å²) in [5.41, 5.74) is 7.47. The Bertz CT molecular complexity index is 2210. The van der Waals surface area contributed by atoms with Crippen molar-refractivity contribution in [1.82, 2.24) is 20.3 Å². The lowest BCUT2D eigenvalue weighted by Crippen LogP contribution is -2.23. The fraction of sp³-hybridized carbons (Fsp3) is 0.0303. The van der Waals surface area contributed by atoms with Crippen molar-refractivity contribution in [3.8, 4) is 0 Å². The van der Waals surface area contributed by atoms with Crippen LogP contribution in [0.5, 0.6) is 0 Å². The number of primary amides is 1. The van der Waals surface area contributed by atoms with Crippen LogP contribution in [-0.4, -0.2) is 35.2 Å². The van der Waals surface area contributed by atoms with Gasteiger partial charge in [0.05, 0.1) is 20.1 Å². The summed E-state index contributed by atoms with van der Waals surface area (Å²) < 4.78 is 28.8. The Morgan fingerprint density at radius 3 is 2.34 bits per heavy atom. The average molecular weight is 620 g/mol. The number of pyridine rings is 2. The van der Waals surface area contributed by atoms with Gasteiger partial charge in [0, 0.05) is 57.7 Å². The predicted octanol–water partition coefficient (Wildman–Crippen LogP) is 5.87. The summed E-state index contributed by atoms with van der Waals surface area (Å²) in [6, 6.07) is 26.9. The molecule has 7 aromatic rings. The first-order chi connectivity index (χ1) is 21.3. The Balaban J connectivity index is 0.000000329. The molecule has 44 heavy (non-hydrogen) atoms. The third-order valence-electron chi connectivity index (χ3n) is 6.96. The van der Waals surface area contributed by atoms with Gasteiger partial charge in [0.15, 0.2) is 0 Å². The summed E-state index contributed by atoms with van der Waals surface area (Å²) in [7, 11) is -3.71. The molecule has 4 aromatic heterocycles. The highest BCUT2D eigenvalue weighted by Crippen LogP contribution is 2.39. The van der Waals surface area contributed by atoms with E-state index in [2.05, 4.69) is 20.3 Å². The topological polar surface area (TPSA) is 148 Å². The van der Waals surface area contributed by atoms with Crippen LogP contribution in [0.4, 0.5) is 0 Å². The second kappa shape index (κ2) is 12.1. The number of aromatic nitrogens is 3. The van der Waals surface area contributed by atoms with Gasteiger partial charge in [-0.25, -0.2) is 8.42 Å². The summed E-state index contributed by atoms with van der Waals surface area (Å²) >= 11 is 1.49. The fourth-order valence-corrected chi connectivity index (χ4v) is 7.65. The van der Waals surface area contributed by atoms with Crippen LogP contribution in [0.25, 0.3) is 31.1 Å². The number of sulfone groups is 1. The maximum absolute atomic E-state index is 13.5. The van der Waals surface area contributed by atoms with Crippen molar-refractivity contribution < 1.29 is 18.0 Å². The minimum atomic E-state index is -3.71. The molecule has 4 heterocycles. The highest BCUT2D eigenvalue weighted by atomic mass is 32.2. The van der Waals surface area contributed by atoms with Crippen LogP contribution < -0.4 is 11.1 Å². The van der Waals surface area contributed by atoms with E-state index in [9.17, 15) is 18.0 Å². The quantitative estimate of drug-likeness (QED) is 0.212. The monoisotopic (exact) mass is 619 g/mol. The fourth-order valence-electron chi connectivity index (χ4n) is 4.73. The molecule has 0 aliphatic heterocycles. The minimum Gasteiger partial charge on any atom is -0.366 e. The molecule has 0 radical (unpaired) electrons. The number of nitrogens with zero attached hydrogens (tertiary/aromatic N) is 2. The van der Waals surface area contributed by atoms with Crippen LogP contribution in [0.1, 0.15) is 26.4 Å². The number of hydrogen-bond acceptors (Lipinski definition) is 7. The molecule has 9 nitrogen and oxygen atoms in total. The van der Waals surface area contributed by atoms with Crippen LogP contribution in [0.15, 0.2) is 126 Å². The van der Waals surface area contributed by atoms with Crippen LogP contribution in [0, 0.1) is 0 Å². The Kier molecular flexibility index (Phi) is 7.88. The summed E-state index contributed by atoms with van der Waals surface area (Å²) in [6.45, 7) is 0.276. The van der Waals surface area contributed by atoms with Crippen LogP contribution in [0.3, 0.4) is 0 Å². The van der Waals surface area contributed by atoms with E-state index in [0.29, 0.717) is 16.2 Å². The maximum atomic E-state index is 13.5. The zero-order chi connectivity index (χ0) is 30.7. The summed E-state index contributed by atoms with van der Waals surface area (Å²) in [6.07, 6.45) is 6.38. The van der Waals surface area contributed by atoms with Gasteiger partial charge in [0.25, 0.3) is 5.91 Å². The molecule has 2 amide bonds. The first-order valence-corrected chi connectivity index (χ1v) is 15.8. The summed E-state index contributed by atoms with van der Waals surface area (Å²) in [5, 5.41) is 5.73. The van der Waals surface area contributed by atoms with Crippen LogP contribution in [0.2, 0.25) is 0 Å². The number of H-pyrrole nitrogens is 1. The second-order valence-corrected chi connectivity index (χ2v) is 12.8.